The van der Waals surface area contributed by atoms with Crippen LogP contribution in [0.3, 0.4) is 0 Å². The first-order chi connectivity index (χ1) is 13.6. The highest BCUT2D eigenvalue weighted by Crippen LogP contribution is 2.29. The number of hydrogen-bond acceptors (Lipinski definition) is 5. The van der Waals surface area contributed by atoms with E-state index in [9.17, 15) is 4.79 Å². The fraction of sp³-hybridized carbons (Fsp3) is 0.227. The number of rotatable bonds is 8. The Morgan fingerprint density at radius 3 is 2.79 bits per heavy atom. The normalized spacial score (nSPS) is 12.2. The predicted molar refractivity (Wildman–Crippen MR) is 110 cm³/mol. The Morgan fingerprint density at radius 1 is 1.18 bits per heavy atom. The molecule has 0 unspecified atom stereocenters. The van der Waals surface area contributed by atoms with Crippen molar-refractivity contribution in [2.45, 2.75) is 12.5 Å². The molecule has 0 fully saturated rings. The Hall–Kier alpha value is -3.25. The molecule has 1 heterocycles. The molecule has 146 valence electrons. The van der Waals surface area contributed by atoms with Crippen molar-refractivity contribution in [2.75, 3.05) is 20.8 Å². The minimum atomic E-state index is -0.414. The second-order valence-electron chi connectivity index (χ2n) is 6.40. The van der Waals surface area contributed by atoms with Crippen LogP contribution in [0.1, 0.15) is 11.1 Å². The van der Waals surface area contributed by atoms with Gasteiger partial charge in [0.1, 0.15) is 6.61 Å². The van der Waals surface area contributed by atoms with Crippen LogP contribution in [0.2, 0.25) is 0 Å². The number of ether oxygens (including phenoxy) is 3. The van der Waals surface area contributed by atoms with E-state index >= 15 is 0 Å². The summed E-state index contributed by atoms with van der Waals surface area (Å²) < 4.78 is 15.9. The van der Waals surface area contributed by atoms with Gasteiger partial charge in [0.05, 0.1) is 14.2 Å². The summed E-state index contributed by atoms with van der Waals surface area (Å²) in [6.07, 6.45) is 5.70. The second kappa shape index (κ2) is 9.10. The number of H-pyrrole nitrogens is 1. The molecule has 0 saturated carbocycles. The molecule has 0 aliphatic carbocycles. The Bertz CT molecular complexity index is 978. The molecule has 0 spiro atoms. The lowest BCUT2D eigenvalue weighted by Crippen LogP contribution is -2.30. The molecule has 0 aliphatic rings. The van der Waals surface area contributed by atoms with Crippen LogP contribution in [0.15, 0.2) is 54.7 Å². The molecule has 0 bridgehead atoms. The van der Waals surface area contributed by atoms with Crippen LogP contribution in [0.5, 0.6) is 11.5 Å². The highest BCUT2D eigenvalue weighted by Gasteiger charge is 2.11. The first kappa shape index (κ1) is 19.5. The number of hydrogen-bond donors (Lipinski definition) is 2. The fourth-order valence-corrected chi connectivity index (χ4v) is 2.98. The minimum absolute atomic E-state index is 0.164. The van der Waals surface area contributed by atoms with E-state index in [1.807, 2.05) is 30.5 Å². The summed E-state index contributed by atoms with van der Waals surface area (Å²) in [5.41, 5.74) is 9.35. The van der Waals surface area contributed by atoms with Crippen molar-refractivity contribution in [3.05, 3.63) is 65.9 Å². The van der Waals surface area contributed by atoms with E-state index < -0.39 is 5.97 Å². The molecule has 0 radical (unpaired) electrons. The van der Waals surface area contributed by atoms with Gasteiger partial charge in [-0.15, -0.1) is 0 Å². The van der Waals surface area contributed by atoms with E-state index in [1.165, 1.54) is 24.1 Å². The van der Waals surface area contributed by atoms with E-state index in [1.54, 1.807) is 25.3 Å². The van der Waals surface area contributed by atoms with E-state index in [-0.39, 0.29) is 6.04 Å². The van der Waals surface area contributed by atoms with Crippen molar-refractivity contribution < 1.29 is 19.0 Å². The number of benzene rings is 2. The molecular formula is C22H24N2O4. The van der Waals surface area contributed by atoms with Gasteiger partial charge in [-0.05, 0) is 41.8 Å². The number of fused-ring (bicyclic) bond motifs is 1. The SMILES string of the molecule is COC(=O)/C=C/c1ccc(OC[C@@H](N)Cc2c[nH]c3ccccc23)c(OC)c1. The maximum absolute atomic E-state index is 11.2. The number of para-hydroxylation sites is 1. The van der Waals surface area contributed by atoms with Gasteiger partial charge < -0.3 is 24.9 Å². The molecule has 0 saturated heterocycles. The number of aromatic nitrogens is 1. The first-order valence-electron chi connectivity index (χ1n) is 8.98. The molecule has 0 amide bonds. The molecule has 1 atom stereocenters. The van der Waals surface area contributed by atoms with Gasteiger partial charge in [0.15, 0.2) is 11.5 Å². The highest BCUT2D eigenvalue weighted by molar-refractivity contribution is 5.87. The number of carbonyl (C=O) groups is 1. The van der Waals surface area contributed by atoms with Gasteiger partial charge in [0.25, 0.3) is 0 Å². The van der Waals surface area contributed by atoms with Gasteiger partial charge in [-0.3, -0.25) is 0 Å². The monoisotopic (exact) mass is 380 g/mol. The standard InChI is InChI=1S/C22H24N2O4/c1-26-21-11-15(8-10-22(25)27-2)7-9-20(21)28-14-17(23)12-16-13-24-19-6-4-3-5-18(16)19/h3-11,13,17,24H,12,14,23H2,1-2H3/b10-8+/t17-/m0/s1. The van der Waals surface area contributed by atoms with Gasteiger partial charge in [-0.1, -0.05) is 24.3 Å². The first-order valence-corrected chi connectivity index (χ1v) is 8.98. The molecule has 0 aliphatic heterocycles. The van der Waals surface area contributed by atoms with Gasteiger partial charge in [-0.25, -0.2) is 4.79 Å². The van der Waals surface area contributed by atoms with E-state index in [0.29, 0.717) is 24.5 Å². The zero-order valence-corrected chi connectivity index (χ0v) is 16.0. The second-order valence-corrected chi connectivity index (χ2v) is 6.40. The van der Waals surface area contributed by atoms with Crippen LogP contribution in [0.4, 0.5) is 0 Å². The minimum Gasteiger partial charge on any atom is -0.493 e. The van der Waals surface area contributed by atoms with Gasteiger partial charge in [-0.2, -0.15) is 0 Å². The number of methoxy groups -OCH3 is 2. The van der Waals surface area contributed by atoms with Crippen LogP contribution in [-0.4, -0.2) is 37.8 Å². The third kappa shape index (κ3) is 4.72. The molecule has 6 nitrogen and oxygen atoms in total. The maximum Gasteiger partial charge on any atom is 0.330 e. The molecule has 28 heavy (non-hydrogen) atoms. The lowest BCUT2D eigenvalue weighted by molar-refractivity contribution is -0.134. The summed E-state index contributed by atoms with van der Waals surface area (Å²) in [7, 11) is 2.91. The van der Waals surface area contributed by atoms with Crippen molar-refractivity contribution in [3.8, 4) is 11.5 Å². The number of carbonyl (C=O) groups excluding carboxylic acids is 1. The molecule has 3 rings (SSSR count). The van der Waals surface area contributed by atoms with Crippen molar-refractivity contribution >= 4 is 22.9 Å². The lowest BCUT2D eigenvalue weighted by atomic mass is 10.1. The maximum atomic E-state index is 11.2. The smallest absolute Gasteiger partial charge is 0.330 e. The molecule has 3 aromatic rings. The predicted octanol–water partition coefficient (Wildman–Crippen LogP) is 3.31. The zero-order chi connectivity index (χ0) is 19.9. The van der Waals surface area contributed by atoms with Crippen LogP contribution >= 0.6 is 0 Å². The van der Waals surface area contributed by atoms with Crippen molar-refractivity contribution in [2.24, 2.45) is 5.73 Å². The Morgan fingerprint density at radius 2 is 2.00 bits per heavy atom. The summed E-state index contributed by atoms with van der Waals surface area (Å²) in [5, 5.41) is 1.18. The average molecular weight is 380 g/mol. The average Bonchev–Trinajstić information content (AvgIpc) is 3.13. The lowest BCUT2D eigenvalue weighted by Gasteiger charge is -2.15. The summed E-state index contributed by atoms with van der Waals surface area (Å²) in [6, 6.07) is 13.4. The Labute approximate surface area is 163 Å². The Kier molecular flexibility index (Phi) is 6.34. The van der Waals surface area contributed by atoms with Crippen molar-refractivity contribution in [3.63, 3.8) is 0 Å². The van der Waals surface area contributed by atoms with E-state index in [4.69, 9.17) is 15.2 Å². The van der Waals surface area contributed by atoms with Crippen LogP contribution < -0.4 is 15.2 Å². The third-order valence-corrected chi connectivity index (χ3v) is 4.41. The topological polar surface area (TPSA) is 86.6 Å². The summed E-state index contributed by atoms with van der Waals surface area (Å²) in [4.78, 5) is 14.5. The zero-order valence-electron chi connectivity index (χ0n) is 16.0. The molecule has 2 aromatic carbocycles. The van der Waals surface area contributed by atoms with Crippen LogP contribution in [-0.2, 0) is 16.0 Å². The highest BCUT2D eigenvalue weighted by atomic mass is 16.5. The summed E-state index contributed by atoms with van der Waals surface area (Å²) in [5.74, 6) is 0.765. The van der Waals surface area contributed by atoms with Crippen molar-refractivity contribution in [1.29, 1.82) is 0 Å². The van der Waals surface area contributed by atoms with Crippen LogP contribution in [0.25, 0.3) is 17.0 Å². The van der Waals surface area contributed by atoms with Crippen molar-refractivity contribution in [1.82, 2.24) is 4.98 Å². The molecule has 6 heteroatoms. The van der Waals surface area contributed by atoms with Crippen LogP contribution in [0, 0.1) is 0 Å². The van der Waals surface area contributed by atoms with Gasteiger partial charge in [0, 0.05) is 29.2 Å². The van der Waals surface area contributed by atoms with Gasteiger partial charge in [0.2, 0.25) is 0 Å². The van der Waals surface area contributed by atoms with E-state index in [2.05, 4.69) is 15.8 Å². The Balaban J connectivity index is 1.63. The fourth-order valence-electron chi connectivity index (χ4n) is 2.98. The molecule has 1 aromatic heterocycles. The largest absolute Gasteiger partial charge is 0.493 e. The summed E-state index contributed by atoms with van der Waals surface area (Å²) >= 11 is 0. The van der Waals surface area contributed by atoms with Gasteiger partial charge >= 0.3 is 5.97 Å². The number of nitrogens with two attached hydrogens (primary N) is 1. The summed E-state index contributed by atoms with van der Waals surface area (Å²) in [6.45, 7) is 0.354. The third-order valence-electron chi connectivity index (χ3n) is 4.41. The quantitative estimate of drug-likeness (QED) is 0.462. The molecular weight excluding hydrogens is 356 g/mol. The van der Waals surface area contributed by atoms with E-state index in [0.717, 1.165) is 11.1 Å². The number of nitrogens with one attached hydrogen (secondary N) is 1. The number of esters is 1. The number of aromatic amines is 1. The molecule has 3 N–H and O–H groups in total.